The van der Waals surface area contributed by atoms with Crippen LogP contribution in [0.5, 0.6) is 0 Å². The largest absolute Gasteiger partial charge is 0.340 e. The zero-order valence-electron chi connectivity index (χ0n) is 14.3. The van der Waals surface area contributed by atoms with E-state index in [0.717, 1.165) is 51.7 Å². The molecule has 1 aromatic rings. The van der Waals surface area contributed by atoms with Gasteiger partial charge < -0.3 is 10.2 Å². The third kappa shape index (κ3) is 4.82. The quantitative estimate of drug-likeness (QED) is 0.830. The third-order valence-corrected chi connectivity index (χ3v) is 5.52. The van der Waals surface area contributed by atoms with Crippen molar-refractivity contribution in [3.63, 3.8) is 0 Å². The van der Waals surface area contributed by atoms with Gasteiger partial charge in [0.25, 0.3) is 0 Å². The van der Waals surface area contributed by atoms with Crippen molar-refractivity contribution in [1.82, 2.24) is 10.2 Å². The summed E-state index contributed by atoms with van der Waals surface area (Å²) in [5.74, 6) is 0.360. The fourth-order valence-corrected chi connectivity index (χ4v) is 4.35. The van der Waals surface area contributed by atoms with Gasteiger partial charge in [-0.15, -0.1) is 11.3 Å². The number of carbonyl (C=O) groups is 1. The molecule has 0 aromatic carbocycles. The summed E-state index contributed by atoms with van der Waals surface area (Å²) in [5, 5.41) is 3.39. The van der Waals surface area contributed by atoms with Crippen molar-refractivity contribution in [2.45, 2.75) is 65.3 Å². The molecule has 1 aliphatic heterocycles. The number of nitrogens with zero attached hydrogens (tertiary/aromatic N) is 1. The van der Waals surface area contributed by atoms with E-state index in [1.807, 2.05) is 11.3 Å². The maximum absolute atomic E-state index is 12.6. The molecule has 22 heavy (non-hydrogen) atoms. The summed E-state index contributed by atoms with van der Waals surface area (Å²) in [6.45, 7) is 9.52. The van der Waals surface area contributed by atoms with Crippen molar-refractivity contribution in [1.29, 1.82) is 0 Å². The lowest BCUT2D eigenvalue weighted by Gasteiger charge is -2.34. The Hall–Kier alpha value is -0.870. The highest BCUT2D eigenvalue weighted by Crippen LogP contribution is 2.22. The topological polar surface area (TPSA) is 32.3 Å². The maximum atomic E-state index is 12.6. The molecule has 0 radical (unpaired) electrons. The van der Waals surface area contributed by atoms with E-state index in [9.17, 15) is 4.79 Å². The second-order valence-corrected chi connectivity index (χ2v) is 7.82. The van der Waals surface area contributed by atoms with Gasteiger partial charge >= 0.3 is 0 Å². The fourth-order valence-electron chi connectivity index (χ4n) is 3.38. The molecule has 124 valence electrons. The first-order valence-corrected chi connectivity index (χ1v) is 9.49. The summed E-state index contributed by atoms with van der Waals surface area (Å²) < 4.78 is 0. The first kappa shape index (κ1) is 17.5. The van der Waals surface area contributed by atoms with Crippen LogP contribution in [0, 0.1) is 13.8 Å². The van der Waals surface area contributed by atoms with Crippen LogP contribution < -0.4 is 5.32 Å². The molecular weight excluding hydrogens is 292 g/mol. The molecule has 1 fully saturated rings. The molecule has 0 atom stereocenters. The number of thiophene rings is 1. The molecule has 2 rings (SSSR count). The molecule has 0 spiro atoms. The van der Waals surface area contributed by atoms with Gasteiger partial charge in [0.2, 0.25) is 5.91 Å². The van der Waals surface area contributed by atoms with E-state index in [-0.39, 0.29) is 0 Å². The highest BCUT2D eigenvalue weighted by molar-refractivity contribution is 7.12. The molecular formula is C18H30N2OS. The van der Waals surface area contributed by atoms with Crippen LogP contribution in [0.3, 0.4) is 0 Å². The predicted molar refractivity (Wildman–Crippen MR) is 94.6 cm³/mol. The molecule has 1 aliphatic rings. The smallest absolute Gasteiger partial charge is 0.222 e. The Bertz CT molecular complexity index is 477. The molecule has 2 heterocycles. The van der Waals surface area contributed by atoms with E-state index in [0.29, 0.717) is 18.4 Å². The van der Waals surface area contributed by atoms with Crippen LogP contribution in [0.4, 0.5) is 0 Å². The molecule has 1 saturated heterocycles. The summed E-state index contributed by atoms with van der Waals surface area (Å²) in [4.78, 5) is 17.6. The minimum absolute atomic E-state index is 0.360. The molecule has 4 heteroatoms. The SMILES string of the molecule is CCCN(C(=O)CCCc1cc(C)sc1C)C1CCNCC1. The van der Waals surface area contributed by atoms with Crippen molar-refractivity contribution in [2.24, 2.45) is 0 Å². The zero-order chi connectivity index (χ0) is 15.9. The number of carbonyl (C=O) groups excluding carboxylic acids is 1. The lowest BCUT2D eigenvalue weighted by molar-refractivity contribution is -0.134. The second-order valence-electron chi connectivity index (χ2n) is 6.36. The van der Waals surface area contributed by atoms with Crippen molar-refractivity contribution in [2.75, 3.05) is 19.6 Å². The number of hydrogen-bond acceptors (Lipinski definition) is 3. The summed E-state index contributed by atoms with van der Waals surface area (Å²) in [6, 6.07) is 2.74. The van der Waals surface area contributed by atoms with E-state index >= 15 is 0 Å². The van der Waals surface area contributed by atoms with Gasteiger partial charge in [-0.1, -0.05) is 6.92 Å². The third-order valence-electron chi connectivity index (χ3n) is 4.51. The van der Waals surface area contributed by atoms with E-state index in [2.05, 4.69) is 37.1 Å². The second kappa shape index (κ2) is 8.68. The van der Waals surface area contributed by atoms with Crippen molar-refractivity contribution in [3.8, 4) is 0 Å². The summed E-state index contributed by atoms with van der Waals surface area (Å²) in [7, 11) is 0. The van der Waals surface area contributed by atoms with Crippen LogP contribution in [0.2, 0.25) is 0 Å². The number of nitrogens with one attached hydrogen (secondary N) is 1. The van der Waals surface area contributed by atoms with Crippen LogP contribution >= 0.6 is 11.3 Å². The minimum Gasteiger partial charge on any atom is -0.340 e. The van der Waals surface area contributed by atoms with Crippen molar-refractivity contribution >= 4 is 17.2 Å². The average molecular weight is 323 g/mol. The van der Waals surface area contributed by atoms with E-state index in [4.69, 9.17) is 0 Å². The number of piperidine rings is 1. The van der Waals surface area contributed by atoms with Gasteiger partial charge in [-0.3, -0.25) is 4.79 Å². The molecule has 1 amide bonds. The molecule has 0 saturated carbocycles. The van der Waals surface area contributed by atoms with Crippen LogP contribution in [0.15, 0.2) is 6.07 Å². The monoisotopic (exact) mass is 322 g/mol. The lowest BCUT2D eigenvalue weighted by Crippen LogP contribution is -2.46. The predicted octanol–water partition coefficient (Wildman–Crippen LogP) is 3.68. The van der Waals surface area contributed by atoms with Gasteiger partial charge in [-0.05, 0) is 70.7 Å². The Kier molecular flexibility index (Phi) is 6.90. The van der Waals surface area contributed by atoms with Crippen molar-refractivity contribution in [3.05, 3.63) is 21.4 Å². The van der Waals surface area contributed by atoms with Gasteiger partial charge in [0, 0.05) is 28.8 Å². The van der Waals surface area contributed by atoms with Crippen LogP contribution in [-0.4, -0.2) is 36.5 Å². The van der Waals surface area contributed by atoms with Crippen LogP contribution in [-0.2, 0) is 11.2 Å². The van der Waals surface area contributed by atoms with E-state index in [1.165, 1.54) is 15.3 Å². The Morgan fingerprint density at radius 3 is 2.68 bits per heavy atom. The van der Waals surface area contributed by atoms with E-state index < -0.39 is 0 Å². The standard InChI is InChI=1S/C18H30N2OS/c1-4-12-20(17-8-10-19-11-9-17)18(21)7-5-6-16-13-14(2)22-15(16)3/h13,17,19H,4-12H2,1-3H3. The zero-order valence-corrected chi connectivity index (χ0v) is 15.1. The highest BCUT2D eigenvalue weighted by Gasteiger charge is 2.24. The van der Waals surface area contributed by atoms with Crippen LogP contribution in [0.25, 0.3) is 0 Å². The van der Waals surface area contributed by atoms with Gasteiger partial charge in [0.1, 0.15) is 0 Å². The summed E-state index contributed by atoms with van der Waals surface area (Å²) in [6.07, 6.45) is 5.97. The molecule has 1 aromatic heterocycles. The number of aryl methyl sites for hydroxylation is 3. The normalized spacial score (nSPS) is 16.0. The van der Waals surface area contributed by atoms with Crippen LogP contribution in [0.1, 0.15) is 54.3 Å². The average Bonchev–Trinajstić information content (AvgIpc) is 2.83. The first-order chi connectivity index (χ1) is 10.6. The molecule has 0 aliphatic carbocycles. The number of amides is 1. The molecule has 0 bridgehead atoms. The first-order valence-electron chi connectivity index (χ1n) is 8.68. The summed E-state index contributed by atoms with van der Waals surface area (Å²) in [5.41, 5.74) is 1.43. The number of hydrogen-bond donors (Lipinski definition) is 1. The Morgan fingerprint density at radius 2 is 2.09 bits per heavy atom. The van der Waals surface area contributed by atoms with Gasteiger partial charge in [-0.25, -0.2) is 0 Å². The van der Waals surface area contributed by atoms with Gasteiger partial charge in [0.05, 0.1) is 0 Å². The Balaban J connectivity index is 1.83. The van der Waals surface area contributed by atoms with E-state index in [1.54, 1.807) is 0 Å². The highest BCUT2D eigenvalue weighted by atomic mass is 32.1. The maximum Gasteiger partial charge on any atom is 0.222 e. The lowest BCUT2D eigenvalue weighted by atomic mass is 10.0. The molecule has 3 nitrogen and oxygen atoms in total. The Labute approximate surface area is 139 Å². The molecule has 0 unspecified atom stereocenters. The van der Waals surface area contributed by atoms with Gasteiger partial charge in [0.15, 0.2) is 0 Å². The summed E-state index contributed by atoms with van der Waals surface area (Å²) >= 11 is 1.86. The van der Waals surface area contributed by atoms with Crippen molar-refractivity contribution < 1.29 is 4.79 Å². The fraction of sp³-hybridized carbons (Fsp3) is 0.722. The Morgan fingerprint density at radius 1 is 1.36 bits per heavy atom. The van der Waals surface area contributed by atoms with Gasteiger partial charge in [-0.2, -0.15) is 0 Å². The number of rotatable bonds is 7. The minimum atomic E-state index is 0.360. The molecule has 1 N–H and O–H groups in total.